The van der Waals surface area contributed by atoms with E-state index in [1.54, 1.807) is 12.1 Å². The molecule has 0 saturated heterocycles. The first-order valence-electron chi connectivity index (χ1n) is 8.43. The van der Waals surface area contributed by atoms with Crippen molar-refractivity contribution in [1.29, 1.82) is 0 Å². The summed E-state index contributed by atoms with van der Waals surface area (Å²) in [6.07, 6.45) is 0. The molecule has 0 heterocycles. The van der Waals surface area contributed by atoms with Crippen LogP contribution in [-0.4, -0.2) is 8.42 Å². The summed E-state index contributed by atoms with van der Waals surface area (Å²) in [6.45, 7) is 10.3. The minimum absolute atomic E-state index is 0.277. The van der Waals surface area contributed by atoms with Crippen LogP contribution in [0.4, 0.5) is 0 Å². The molecule has 24 heavy (non-hydrogen) atoms. The third-order valence-corrected chi connectivity index (χ3v) is 5.85. The highest BCUT2D eigenvalue weighted by Crippen LogP contribution is 2.22. The highest BCUT2D eigenvalue weighted by Gasteiger charge is 2.18. The Bertz CT molecular complexity index is 760. The largest absolute Gasteiger partial charge is 0.241 e. The van der Waals surface area contributed by atoms with Gasteiger partial charge in [0.2, 0.25) is 10.0 Å². The van der Waals surface area contributed by atoms with E-state index in [2.05, 4.69) is 44.5 Å². The summed E-state index contributed by atoms with van der Waals surface area (Å²) in [5.74, 6) is 0.846. The summed E-state index contributed by atoms with van der Waals surface area (Å²) < 4.78 is 27.9. The predicted octanol–water partition coefficient (Wildman–Crippen LogP) is 4.97. The first-order valence-corrected chi connectivity index (χ1v) is 9.91. The van der Waals surface area contributed by atoms with Crippen molar-refractivity contribution in [2.75, 3.05) is 0 Å². The fraction of sp³-hybridized carbons (Fsp3) is 0.400. The van der Waals surface area contributed by atoms with Gasteiger partial charge < -0.3 is 0 Å². The lowest BCUT2D eigenvalue weighted by molar-refractivity contribution is 0.567. The van der Waals surface area contributed by atoms with Gasteiger partial charge in [0.25, 0.3) is 0 Å². The first kappa shape index (κ1) is 18.7. The van der Waals surface area contributed by atoms with Crippen LogP contribution in [0.15, 0.2) is 53.4 Å². The van der Waals surface area contributed by atoms with Gasteiger partial charge in [0.15, 0.2) is 0 Å². The van der Waals surface area contributed by atoms with Crippen molar-refractivity contribution in [2.24, 2.45) is 0 Å². The molecule has 0 fully saturated rings. The predicted molar refractivity (Wildman–Crippen MR) is 99.8 cm³/mol. The third-order valence-electron chi connectivity index (χ3n) is 4.29. The molecule has 2 rings (SSSR count). The zero-order valence-electron chi connectivity index (χ0n) is 15.1. The Hall–Kier alpha value is -1.65. The van der Waals surface area contributed by atoms with Gasteiger partial charge in [-0.1, -0.05) is 64.1 Å². The lowest BCUT2D eigenvalue weighted by Gasteiger charge is -2.16. The Labute approximate surface area is 146 Å². The van der Waals surface area contributed by atoms with E-state index < -0.39 is 10.0 Å². The van der Waals surface area contributed by atoms with E-state index in [0.29, 0.717) is 16.7 Å². The molecule has 0 amide bonds. The standard InChI is InChI=1S/C20H27NO2S/c1-14(2)17-6-8-19(9-7-17)16(5)21-24(22,23)20-12-10-18(11-13-20)15(3)4/h6-16,21H,1-5H3. The monoisotopic (exact) mass is 345 g/mol. The number of hydrogen-bond donors (Lipinski definition) is 1. The van der Waals surface area contributed by atoms with Crippen LogP contribution in [-0.2, 0) is 10.0 Å². The summed E-state index contributed by atoms with van der Waals surface area (Å²) in [5, 5.41) is 0. The molecule has 4 heteroatoms. The molecule has 0 aliphatic rings. The molecule has 2 aromatic rings. The van der Waals surface area contributed by atoms with Gasteiger partial charge in [-0.05, 0) is 47.6 Å². The van der Waals surface area contributed by atoms with Crippen molar-refractivity contribution in [2.45, 2.75) is 57.4 Å². The zero-order chi connectivity index (χ0) is 17.9. The van der Waals surface area contributed by atoms with Crippen LogP contribution >= 0.6 is 0 Å². The smallest absolute Gasteiger partial charge is 0.207 e. The Morgan fingerprint density at radius 3 is 1.46 bits per heavy atom. The van der Waals surface area contributed by atoms with Crippen LogP contribution in [0.1, 0.15) is 69.2 Å². The number of hydrogen-bond acceptors (Lipinski definition) is 2. The van der Waals surface area contributed by atoms with E-state index in [4.69, 9.17) is 0 Å². The molecular weight excluding hydrogens is 318 g/mol. The van der Waals surface area contributed by atoms with Crippen molar-refractivity contribution >= 4 is 10.0 Å². The Morgan fingerprint density at radius 1 is 0.667 bits per heavy atom. The molecule has 0 saturated carbocycles. The van der Waals surface area contributed by atoms with Gasteiger partial charge in [0.05, 0.1) is 4.90 Å². The van der Waals surface area contributed by atoms with Gasteiger partial charge in [0, 0.05) is 6.04 Å². The van der Waals surface area contributed by atoms with Crippen molar-refractivity contribution < 1.29 is 8.42 Å². The second-order valence-corrected chi connectivity index (χ2v) is 8.60. The second kappa shape index (κ2) is 7.49. The van der Waals surface area contributed by atoms with Crippen LogP contribution in [0, 0.1) is 0 Å². The summed E-state index contributed by atoms with van der Waals surface area (Å²) in [6, 6.07) is 14.9. The molecule has 1 atom stereocenters. The average molecular weight is 346 g/mol. The van der Waals surface area contributed by atoms with Crippen molar-refractivity contribution in [3.63, 3.8) is 0 Å². The molecule has 130 valence electrons. The highest BCUT2D eigenvalue weighted by atomic mass is 32.2. The van der Waals surface area contributed by atoms with Gasteiger partial charge in [-0.15, -0.1) is 0 Å². The molecule has 0 radical (unpaired) electrons. The molecule has 2 aromatic carbocycles. The number of sulfonamides is 1. The molecule has 0 spiro atoms. The molecule has 0 aliphatic carbocycles. The lowest BCUT2D eigenvalue weighted by atomic mass is 10.00. The SMILES string of the molecule is CC(C)c1ccc(C(C)NS(=O)(=O)c2ccc(C(C)C)cc2)cc1. The maximum atomic E-state index is 12.6. The van der Waals surface area contributed by atoms with E-state index in [0.717, 1.165) is 11.1 Å². The normalized spacial score (nSPS) is 13.5. The van der Waals surface area contributed by atoms with Crippen LogP contribution in [0.2, 0.25) is 0 Å². The van der Waals surface area contributed by atoms with Gasteiger partial charge in [-0.3, -0.25) is 0 Å². The van der Waals surface area contributed by atoms with Gasteiger partial charge >= 0.3 is 0 Å². The zero-order valence-corrected chi connectivity index (χ0v) is 15.9. The number of benzene rings is 2. The summed E-state index contributed by atoms with van der Waals surface area (Å²) in [5.41, 5.74) is 3.34. The summed E-state index contributed by atoms with van der Waals surface area (Å²) >= 11 is 0. The highest BCUT2D eigenvalue weighted by molar-refractivity contribution is 7.89. The Balaban J connectivity index is 2.15. The fourth-order valence-corrected chi connectivity index (χ4v) is 3.80. The van der Waals surface area contributed by atoms with Crippen molar-refractivity contribution in [3.8, 4) is 0 Å². The Kier molecular flexibility index (Phi) is 5.83. The second-order valence-electron chi connectivity index (χ2n) is 6.89. The lowest BCUT2D eigenvalue weighted by Crippen LogP contribution is -2.26. The molecule has 0 bridgehead atoms. The van der Waals surface area contributed by atoms with E-state index in [1.807, 2.05) is 31.2 Å². The van der Waals surface area contributed by atoms with Gasteiger partial charge in [-0.25, -0.2) is 13.1 Å². The molecule has 0 aliphatic heterocycles. The van der Waals surface area contributed by atoms with Crippen LogP contribution in [0.3, 0.4) is 0 Å². The van der Waals surface area contributed by atoms with E-state index in [1.165, 1.54) is 5.56 Å². The van der Waals surface area contributed by atoms with Crippen molar-refractivity contribution in [1.82, 2.24) is 4.72 Å². The average Bonchev–Trinajstić information content (AvgIpc) is 2.54. The Morgan fingerprint density at radius 2 is 1.04 bits per heavy atom. The van der Waals surface area contributed by atoms with Gasteiger partial charge in [0.1, 0.15) is 0 Å². The molecule has 0 aromatic heterocycles. The molecule has 1 unspecified atom stereocenters. The number of nitrogens with one attached hydrogen (secondary N) is 1. The van der Waals surface area contributed by atoms with E-state index in [9.17, 15) is 8.42 Å². The minimum atomic E-state index is -3.53. The van der Waals surface area contributed by atoms with Crippen LogP contribution in [0.5, 0.6) is 0 Å². The van der Waals surface area contributed by atoms with E-state index in [-0.39, 0.29) is 6.04 Å². The molecular formula is C20H27NO2S. The third kappa shape index (κ3) is 4.46. The summed E-state index contributed by atoms with van der Waals surface area (Å²) in [4.78, 5) is 0.303. The number of rotatable bonds is 6. The summed E-state index contributed by atoms with van der Waals surface area (Å²) in [7, 11) is -3.53. The van der Waals surface area contributed by atoms with Crippen LogP contribution in [0.25, 0.3) is 0 Å². The minimum Gasteiger partial charge on any atom is -0.207 e. The van der Waals surface area contributed by atoms with Crippen LogP contribution < -0.4 is 4.72 Å². The molecule has 1 N–H and O–H groups in total. The van der Waals surface area contributed by atoms with E-state index >= 15 is 0 Å². The fourth-order valence-electron chi connectivity index (χ4n) is 2.57. The maximum absolute atomic E-state index is 12.6. The van der Waals surface area contributed by atoms with Gasteiger partial charge in [-0.2, -0.15) is 0 Å². The molecule has 3 nitrogen and oxygen atoms in total. The van der Waals surface area contributed by atoms with Crippen molar-refractivity contribution in [3.05, 3.63) is 65.2 Å². The topological polar surface area (TPSA) is 46.2 Å². The maximum Gasteiger partial charge on any atom is 0.241 e. The quantitative estimate of drug-likeness (QED) is 0.803. The first-order chi connectivity index (χ1) is 11.2.